The normalized spacial score (nSPS) is 10.7. The lowest BCUT2D eigenvalue weighted by Gasteiger charge is -2.08. The molecular formula is C21H21ClN4O3S2. The second-order valence-corrected chi connectivity index (χ2v) is 9.00. The predicted molar refractivity (Wildman–Crippen MR) is 125 cm³/mol. The second-order valence-electron chi connectivity index (χ2n) is 6.37. The number of halogens is 1. The highest BCUT2D eigenvalue weighted by molar-refractivity contribution is 7.99. The van der Waals surface area contributed by atoms with E-state index in [9.17, 15) is 9.59 Å². The molecule has 0 saturated heterocycles. The van der Waals surface area contributed by atoms with Gasteiger partial charge >= 0.3 is 5.97 Å². The summed E-state index contributed by atoms with van der Waals surface area (Å²) in [6.45, 7) is 8.16. The first kappa shape index (κ1) is 23.1. The molecule has 31 heavy (non-hydrogen) atoms. The van der Waals surface area contributed by atoms with E-state index in [1.165, 1.54) is 23.1 Å². The smallest absolute Gasteiger partial charge is 0.341 e. The number of nitrogens with zero attached hydrogens (tertiary/aromatic N) is 3. The van der Waals surface area contributed by atoms with E-state index in [1.807, 2.05) is 23.6 Å². The zero-order chi connectivity index (χ0) is 22.4. The van der Waals surface area contributed by atoms with Crippen molar-refractivity contribution in [2.24, 2.45) is 0 Å². The number of aryl methyl sites for hydroxylation is 1. The van der Waals surface area contributed by atoms with Crippen LogP contribution in [0.4, 0.5) is 5.00 Å². The van der Waals surface area contributed by atoms with Crippen molar-refractivity contribution in [3.8, 4) is 11.4 Å². The van der Waals surface area contributed by atoms with Crippen LogP contribution in [0.1, 0.15) is 22.2 Å². The number of benzene rings is 1. The third-order valence-corrected chi connectivity index (χ3v) is 6.25. The van der Waals surface area contributed by atoms with Gasteiger partial charge in [0.2, 0.25) is 5.91 Å². The molecule has 3 aromatic rings. The standard InChI is InChI=1S/C21H21ClN4O3S2/c1-4-10-26-18(14-6-8-15(22)9-7-14)24-25-21(26)30-12-17(27)23-19-16(11-13(3)31-19)20(28)29-5-2/h4,6-9,11H,1,5,10,12H2,2-3H3,(H,23,27). The fourth-order valence-corrected chi connectivity index (χ4v) is 4.55. The molecule has 10 heteroatoms. The molecule has 3 rings (SSSR count). The molecule has 2 heterocycles. The summed E-state index contributed by atoms with van der Waals surface area (Å²) >= 11 is 8.56. The van der Waals surface area contributed by atoms with E-state index in [2.05, 4.69) is 22.1 Å². The van der Waals surface area contributed by atoms with E-state index in [1.54, 1.807) is 31.2 Å². The van der Waals surface area contributed by atoms with E-state index in [0.29, 0.717) is 33.1 Å². The number of hydrogen-bond donors (Lipinski definition) is 1. The van der Waals surface area contributed by atoms with Gasteiger partial charge in [-0.05, 0) is 44.2 Å². The number of carbonyl (C=O) groups excluding carboxylic acids is 2. The molecule has 0 fully saturated rings. The number of ether oxygens (including phenoxy) is 1. The molecule has 1 N–H and O–H groups in total. The van der Waals surface area contributed by atoms with E-state index in [0.717, 1.165) is 10.4 Å². The molecular weight excluding hydrogens is 456 g/mol. The van der Waals surface area contributed by atoms with Crippen LogP contribution >= 0.6 is 34.7 Å². The lowest BCUT2D eigenvalue weighted by Crippen LogP contribution is -2.16. The quantitative estimate of drug-likeness (QED) is 0.264. The van der Waals surface area contributed by atoms with Crippen LogP contribution in [0.15, 0.2) is 48.1 Å². The molecule has 0 spiro atoms. The summed E-state index contributed by atoms with van der Waals surface area (Å²) in [7, 11) is 0. The largest absolute Gasteiger partial charge is 0.462 e. The number of amides is 1. The molecule has 0 radical (unpaired) electrons. The number of anilines is 1. The van der Waals surface area contributed by atoms with Gasteiger partial charge in [-0.1, -0.05) is 29.4 Å². The van der Waals surface area contributed by atoms with Crippen LogP contribution in [0, 0.1) is 6.92 Å². The predicted octanol–water partition coefficient (Wildman–Crippen LogP) is 5.06. The van der Waals surface area contributed by atoms with Crippen molar-refractivity contribution >= 4 is 51.6 Å². The summed E-state index contributed by atoms with van der Waals surface area (Å²) in [6, 6.07) is 9.01. The molecule has 0 aliphatic heterocycles. The highest BCUT2D eigenvalue weighted by Gasteiger charge is 2.19. The van der Waals surface area contributed by atoms with Gasteiger partial charge in [0.15, 0.2) is 11.0 Å². The van der Waals surface area contributed by atoms with Gasteiger partial charge in [-0.15, -0.1) is 28.1 Å². The Bertz CT molecular complexity index is 1090. The minimum absolute atomic E-state index is 0.106. The summed E-state index contributed by atoms with van der Waals surface area (Å²) < 4.78 is 6.94. The maximum absolute atomic E-state index is 12.5. The van der Waals surface area contributed by atoms with Gasteiger partial charge in [0, 0.05) is 22.0 Å². The van der Waals surface area contributed by atoms with Gasteiger partial charge in [-0.25, -0.2) is 4.79 Å². The number of thioether (sulfide) groups is 1. The van der Waals surface area contributed by atoms with E-state index in [-0.39, 0.29) is 18.3 Å². The van der Waals surface area contributed by atoms with Crippen molar-refractivity contribution < 1.29 is 14.3 Å². The average molecular weight is 477 g/mol. The number of rotatable bonds is 9. The van der Waals surface area contributed by atoms with Crippen LogP contribution in [0.2, 0.25) is 5.02 Å². The minimum atomic E-state index is -0.451. The van der Waals surface area contributed by atoms with Crippen molar-refractivity contribution in [3.63, 3.8) is 0 Å². The topological polar surface area (TPSA) is 86.1 Å². The maximum Gasteiger partial charge on any atom is 0.341 e. The molecule has 0 aliphatic carbocycles. The molecule has 0 saturated carbocycles. The first-order valence-corrected chi connectivity index (χ1v) is 11.6. The molecule has 0 atom stereocenters. The number of allylic oxidation sites excluding steroid dienone is 1. The van der Waals surface area contributed by atoms with E-state index >= 15 is 0 Å². The Hall–Kier alpha value is -2.62. The Labute approximate surface area is 193 Å². The van der Waals surface area contributed by atoms with Crippen LogP contribution in [-0.4, -0.2) is 39.0 Å². The molecule has 0 aliphatic rings. The lowest BCUT2D eigenvalue weighted by atomic mass is 10.2. The maximum atomic E-state index is 12.5. The zero-order valence-electron chi connectivity index (χ0n) is 17.1. The highest BCUT2D eigenvalue weighted by atomic mass is 35.5. The zero-order valence-corrected chi connectivity index (χ0v) is 19.4. The molecule has 0 bridgehead atoms. The monoisotopic (exact) mass is 476 g/mol. The van der Waals surface area contributed by atoms with Gasteiger partial charge in [-0.3, -0.25) is 9.36 Å². The van der Waals surface area contributed by atoms with Crippen molar-refractivity contribution in [2.45, 2.75) is 25.5 Å². The molecule has 1 aromatic carbocycles. The Kier molecular flexibility index (Phi) is 7.89. The van der Waals surface area contributed by atoms with Gasteiger partial charge < -0.3 is 10.1 Å². The SMILES string of the molecule is C=CCn1c(SCC(=O)Nc2sc(C)cc2C(=O)OCC)nnc1-c1ccc(Cl)cc1. The van der Waals surface area contributed by atoms with Crippen LogP contribution in [-0.2, 0) is 16.1 Å². The molecule has 162 valence electrons. The fraction of sp³-hybridized carbons (Fsp3) is 0.238. The number of hydrogen-bond acceptors (Lipinski definition) is 7. The van der Waals surface area contributed by atoms with Crippen LogP contribution in [0.3, 0.4) is 0 Å². The summed E-state index contributed by atoms with van der Waals surface area (Å²) in [6.07, 6.45) is 1.74. The van der Waals surface area contributed by atoms with Gasteiger partial charge in [-0.2, -0.15) is 0 Å². The molecule has 7 nitrogen and oxygen atoms in total. The second kappa shape index (κ2) is 10.6. The average Bonchev–Trinajstić information content (AvgIpc) is 3.30. The van der Waals surface area contributed by atoms with Crippen molar-refractivity contribution in [2.75, 3.05) is 17.7 Å². The summed E-state index contributed by atoms with van der Waals surface area (Å²) in [5.41, 5.74) is 1.23. The summed E-state index contributed by atoms with van der Waals surface area (Å²) in [4.78, 5) is 25.6. The Morgan fingerprint density at radius 3 is 2.74 bits per heavy atom. The number of aromatic nitrogens is 3. The number of thiophene rings is 1. The molecule has 1 amide bonds. The first-order valence-electron chi connectivity index (χ1n) is 9.43. The Balaban J connectivity index is 1.72. The first-order chi connectivity index (χ1) is 14.9. The van der Waals surface area contributed by atoms with E-state index in [4.69, 9.17) is 16.3 Å². The van der Waals surface area contributed by atoms with Crippen LogP contribution in [0.5, 0.6) is 0 Å². The Morgan fingerprint density at radius 1 is 1.32 bits per heavy atom. The Morgan fingerprint density at radius 2 is 2.06 bits per heavy atom. The summed E-state index contributed by atoms with van der Waals surface area (Å²) in [5, 5.41) is 13.0. The third-order valence-electron chi connectivity index (χ3n) is 4.07. The fourth-order valence-electron chi connectivity index (χ4n) is 2.76. The molecule has 2 aromatic heterocycles. The minimum Gasteiger partial charge on any atom is -0.462 e. The highest BCUT2D eigenvalue weighted by Crippen LogP contribution is 2.29. The van der Waals surface area contributed by atoms with Crippen molar-refractivity contribution in [1.29, 1.82) is 0 Å². The van der Waals surface area contributed by atoms with Crippen LogP contribution < -0.4 is 5.32 Å². The number of esters is 1. The van der Waals surface area contributed by atoms with Crippen molar-refractivity contribution in [1.82, 2.24) is 14.8 Å². The van der Waals surface area contributed by atoms with Crippen LogP contribution in [0.25, 0.3) is 11.4 Å². The third kappa shape index (κ3) is 5.75. The van der Waals surface area contributed by atoms with Gasteiger partial charge in [0.25, 0.3) is 0 Å². The van der Waals surface area contributed by atoms with Crippen molar-refractivity contribution in [3.05, 3.63) is 58.5 Å². The van der Waals surface area contributed by atoms with Gasteiger partial charge in [0.05, 0.1) is 17.9 Å². The lowest BCUT2D eigenvalue weighted by molar-refractivity contribution is -0.113. The van der Waals surface area contributed by atoms with E-state index < -0.39 is 5.97 Å². The molecule has 0 unspecified atom stereocenters. The summed E-state index contributed by atoms with van der Waals surface area (Å²) in [5.74, 6) is 0.0689. The number of carbonyl (C=O) groups is 2. The number of nitrogens with one attached hydrogen (secondary N) is 1. The van der Waals surface area contributed by atoms with Gasteiger partial charge in [0.1, 0.15) is 5.00 Å².